The molecule has 0 aromatic carbocycles. The number of anilines is 1. The maximum atomic E-state index is 4.55. The van der Waals surface area contributed by atoms with E-state index in [1.807, 2.05) is 18.0 Å². The summed E-state index contributed by atoms with van der Waals surface area (Å²) in [5, 5.41) is 6.70. The van der Waals surface area contributed by atoms with Gasteiger partial charge in [0, 0.05) is 35.9 Å². The van der Waals surface area contributed by atoms with Crippen LogP contribution in [-0.4, -0.2) is 29.1 Å². The zero-order valence-corrected chi connectivity index (χ0v) is 9.31. The molecule has 0 spiro atoms. The minimum Gasteiger partial charge on any atom is -0.350 e. The van der Waals surface area contributed by atoms with Crippen LogP contribution < -0.4 is 10.6 Å². The predicted molar refractivity (Wildman–Crippen MR) is 61.9 cm³/mol. The fourth-order valence-electron chi connectivity index (χ4n) is 1.98. The van der Waals surface area contributed by atoms with E-state index in [-0.39, 0.29) is 0 Å². The zero-order chi connectivity index (χ0) is 10.1. The third-order valence-electron chi connectivity index (χ3n) is 2.84. The Morgan fingerprint density at radius 2 is 2.47 bits per heavy atom. The van der Waals surface area contributed by atoms with Crippen molar-refractivity contribution >= 4 is 17.7 Å². The van der Waals surface area contributed by atoms with Crippen LogP contribution in [0.25, 0.3) is 0 Å². The van der Waals surface area contributed by atoms with Crippen LogP contribution in [0.5, 0.6) is 0 Å². The van der Waals surface area contributed by atoms with Crippen molar-refractivity contribution in [3.05, 3.63) is 17.5 Å². The second-order valence-electron chi connectivity index (χ2n) is 3.99. The normalized spacial score (nSPS) is 24.1. The molecular weight excluding hydrogens is 208 g/mol. The lowest BCUT2D eigenvalue weighted by atomic mass is 10.2. The van der Waals surface area contributed by atoms with E-state index < -0.39 is 0 Å². The van der Waals surface area contributed by atoms with Gasteiger partial charge in [-0.25, -0.2) is 9.97 Å². The first-order chi connectivity index (χ1) is 7.42. The molecule has 5 heteroatoms. The van der Waals surface area contributed by atoms with E-state index in [0.717, 1.165) is 37.0 Å². The lowest BCUT2D eigenvalue weighted by Crippen LogP contribution is -2.23. The minimum absolute atomic E-state index is 0.497. The van der Waals surface area contributed by atoms with Gasteiger partial charge in [0.15, 0.2) is 0 Å². The van der Waals surface area contributed by atoms with Gasteiger partial charge in [0.05, 0.1) is 5.69 Å². The molecule has 1 aromatic rings. The minimum atomic E-state index is 0.497. The van der Waals surface area contributed by atoms with Crippen molar-refractivity contribution < 1.29 is 0 Å². The average molecular weight is 222 g/mol. The lowest BCUT2D eigenvalue weighted by molar-refractivity contribution is 0.778. The Morgan fingerprint density at radius 3 is 3.33 bits per heavy atom. The van der Waals surface area contributed by atoms with Gasteiger partial charge in [-0.15, -0.1) is 0 Å². The van der Waals surface area contributed by atoms with E-state index in [1.165, 1.54) is 11.3 Å². The van der Waals surface area contributed by atoms with Gasteiger partial charge in [-0.1, -0.05) is 0 Å². The summed E-state index contributed by atoms with van der Waals surface area (Å²) in [4.78, 5) is 8.90. The predicted octanol–water partition coefficient (Wildman–Crippen LogP) is 0.997. The summed E-state index contributed by atoms with van der Waals surface area (Å²) >= 11 is 1.91. The number of nitrogens with one attached hydrogen (secondary N) is 2. The van der Waals surface area contributed by atoms with E-state index in [4.69, 9.17) is 0 Å². The van der Waals surface area contributed by atoms with Crippen molar-refractivity contribution in [1.82, 2.24) is 15.3 Å². The van der Waals surface area contributed by atoms with E-state index in [2.05, 4.69) is 20.6 Å². The number of nitrogens with zero attached hydrogens (tertiary/aromatic N) is 2. The molecule has 80 valence electrons. The van der Waals surface area contributed by atoms with Crippen molar-refractivity contribution in [2.75, 3.05) is 18.4 Å². The van der Waals surface area contributed by atoms with Crippen LogP contribution in [0, 0.1) is 0 Å². The standard InChI is InChI=1S/C10H14N4S/c1-2-11-4-8(1)13-10-12-3-7-5-15-6-9(7)14-10/h3,8,11H,1-2,4-6H2,(H,12,13,14). The smallest absolute Gasteiger partial charge is 0.223 e. The molecule has 2 aliphatic heterocycles. The molecule has 1 saturated heterocycles. The molecule has 3 rings (SSSR count). The molecule has 1 fully saturated rings. The van der Waals surface area contributed by atoms with E-state index in [0.29, 0.717) is 6.04 Å². The van der Waals surface area contributed by atoms with Crippen molar-refractivity contribution in [3.63, 3.8) is 0 Å². The van der Waals surface area contributed by atoms with Gasteiger partial charge in [-0.2, -0.15) is 11.8 Å². The van der Waals surface area contributed by atoms with Crippen LogP contribution in [0.3, 0.4) is 0 Å². The topological polar surface area (TPSA) is 49.8 Å². The quantitative estimate of drug-likeness (QED) is 0.781. The maximum absolute atomic E-state index is 4.55. The van der Waals surface area contributed by atoms with Gasteiger partial charge >= 0.3 is 0 Å². The van der Waals surface area contributed by atoms with Crippen LogP contribution in [-0.2, 0) is 11.5 Å². The number of hydrogen-bond acceptors (Lipinski definition) is 5. The highest BCUT2D eigenvalue weighted by Gasteiger charge is 2.17. The number of aromatic nitrogens is 2. The Bertz CT molecular complexity index is 362. The maximum Gasteiger partial charge on any atom is 0.223 e. The fourth-order valence-corrected chi connectivity index (χ4v) is 2.98. The second-order valence-corrected chi connectivity index (χ2v) is 4.98. The third kappa shape index (κ3) is 1.94. The van der Waals surface area contributed by atoms with Gasteiger partial charge < -0.3 is 10.6 Å². The van der Waals surface area contributed by atoms with Crippen molar-refractivity contribution in [1.29, 1.82) is 0 Å². The summed E-state index contributed by atoms with van der Waals surface area (Å²) in [6.07, 6.45) is 3.13. The molecule has 0 bridgehead atoms. The Balaban J connectivity index is 1.75. The van der Waals surface area contributed by atoms with Crippen LogP contribution in [0.2, 0.25) is 0 Å². The summed E-state index contributed by atoms with van der Waals surface area (Å²) in [5.41, 5.74) is 2.51. The van der Waals surface area contributed by atoms with Crippen LogP contribution in [0.15, 0.2) is 6.20 Å². The number of thioether (sulfide) groups is 1. The highest BCUT2D eigenvalue weighted by atomic mass is 32.2. The van der Waals surface area contributed by atoms with Crippen molar-refractivity contribution in [3.8, 4) is 0 Å². The SMILES string of the molecule is c1nc(NC2CCNC2)nc2c1CSC2. The van der Waals surface area contributed by atoms with E-state index in [1.54, 1.807) is 0 Å². The van der Waals surface area contributed by atoms with Gasteiger partial charge in [0.2, 0.25) is 5.95 Å². The van der Waals surface area contributed by atoms with Gasteiger partial charge in [0.25, 0.3) is 0 Å². The van der Waals surface area contributed by atoms with Gasteiger partial charge in [-0.3, -0.25) is 0 Å². The fraction of sp³-hybridized carbons (Fsp3) is 0.600. The summed E-state index contributed by atoms with van der Waals surface area (Å²) in [5.74, 6) is 2.90. The molecule has 1 atom stereocenters. The summed E-state index contributed by atoms with van der Waals surface area (Å²) < 4.78 is 0. The summed E-state index contributed by atoms with van der Waals surface area (Å²) in [6.45, 7) is 2.12. The van der Waals surface area contributed by atoms with Gasteiger partial charge in [-0.05, 0) is 13.0 Å². The molecule has 1 unspecified atom stereocenters. The van der Waals surface area contributed by atoms with E-state index in [9.17, 15) is 0 Å². The average Bonchev–Trinajstić information content (AvgIpc) is 2.87. The molecule has 15 heavy (non-hydrogen) atoms. The largest absolute Gasteiger partial charge is 0.350 e. The molecule has 0 amide bonds. The Hall–Kier alpha value is -0.810. The molecule has 0 radical (unpaired) electrons. The van der Waals surface area contributed by atoms with Crippen LogP contribution >= 0.6 is 11.8 Å². The molecule has 0 saturated carbocycles. The Kier molecular flexibility index (Phi) is 2.50. The first-order valence-electron chi connectivity index (χ1n) is 5.31. The Morgan fingerprint density at radius 1 is 1.47 bits per heavy atom. The molecule has 2 N–H and O–H groups in total. The van der Waals surface area contributed by atoms with Crippen molar-refractivity contribution in [2.24, 2.45) is 0 Å². The first-order valence-corrected chi connectivity index (χ1v) is 6.47. The van der Waals surface area contributed by atoms with Gasteiger partial charge in [0.1, 0.15) is 0 Å². The highest BCUT2D eigenvalue weighted by Crippen LogP contribution is 2.28. The Labute approximate surface area is 93.3 Å². The molecule has 3 heterocycles. The zero-order valence-electron chi connectivity index (χ0n) is 8.49. The number of hydrogen-bond donors (Lipinski definition) is 2. The highest BCUT2D eigenvalue weighted by molar-refractivity contribution is 7.98. The van der Waals surface area contributed by atoms with Crippen LogP contribution in [0.4, 0.5) is 5.95 Å². The molecule has 0 aliphatic carbocycles. The molecule has 4 nitrogen and oxygen atoms in total. The number of rotatable bonds is 2. The second kappa shape index (κ2) is 3.98. The number of fused-ring (bicyclic) bond motifs is 1. The van der Waals surface area contributed by atoms with Crippen LogP contribution in [0.1, 0.15) is 17.7 Å². The monoisotopic (exact) mass is 222 g/mol. The van der Waals surface area contributed by atoms with E-state index >= 15 is 0 Å². The summed E-state index contributed by atoms with van der Waals surface area (Å²) in [7, 11) is 0. The third-order valence-corrected chi connectivity index (χ3v) is 3.84. The molecule has 1 aromatic heterocycles. The van der Waals surface area contributed by atoms with Crippen molar-refractivity contribution in [2.45, 2.75) is 24.0 Å². The summed E-state index contributed by atoms with van der Waals surface area (Å²) in [6, 6.07) is 0.497. The first kappa shape index (κ1) is 9.42. The lowest BCUT2D eigenvalue weighted by Gasteiger charge is -2.11. The molecule has 2 aliphatic rings. The molecular formula is C10H14N4S.